The molecule has 2 aromatic rings. The van der Waals surface area contributed by atoms with Crippen LogP contribution in [-0.4, -0.2) is 55.0 Å². The van der Waals surface area contributed by atoms with Gasteiger partial charge in [-0.2, -0.15) is 0 Å². The Labute approximate surface area is 158 Å². The molecule has 146 valence electrons. The van der Waals surface area contributed by atoms with Gasteiger partial charge in [-0.15, -0.1) is 0 Å². The van der Waals surface area contributed by atoms with Crippen LogP contribution in [-0.2, 0) is 9.47 Å². The minimum absolute atomic E-state index is 0.0730. The van der Waals surface area contributed by atoms with Crippen molar-refractivity contribution < 1.29 is 9.47 Å². The van der Waals surface area contributed by atoms with Gasteiger partial charge in [0.1, 0.15) is 0 Å². The number of aryl methyl sites for hydroxylation is 1. The minimum Gasteiger partial charge on any atom is -0.381 e. The van der Waals surface area contributed by atoms with E-state index in [-0.39, 0.29) is 17.7 Å². The van der Waals surface area contributed by atoms with E-state index in [1.807, 2.05) is 19.1 Å². The molecule has 0 bridgehead atoms. The predicted octanol–water partition coefficient (Wildman–Crippen LogP) is 1.82. The standard InChI is InChI=1S/C20H28N4O3/c1-13-10-15-2-7-22-19(18(15)24-20(13)25)23-16-3-6-21-11-17(16)27-12-14-4-8-26-9-5-14/h2,7,10,14,16-17,21H,3-6,8-9,11-12H2,1H3,(H,22,23)(H,24,25)/t16-,17-/m0/s1. The van der Waals surface area contributed by atoms with Gasteiger partial charge in [-0.1, -0.05) is 0 Å². The fourth-order valence-corrected chi connectivity index (χ4v) is 3.87. The molecule has 2 aromatic heterocycles. The highest BCUT2D eigenvalue weighted by Gasteiger charge is 2.28. The summed E-state index contributed by atoms with van der Waals surface area (Å²) in [5.74, 6) is 1.30. The van der Waals surface area contributed by atoms with Crippen LogP contribution in [0.2, 0.25) is 0 Å². The molecular formula is C20H28N4O3. The maximum absolute atomic E-state index is 12.1. The number of hydrogen-bond acceptors (Lipinski definition) is 6. The Morgan fingerprint density at radius 1 is 1.33 bits per heavy atom. The van der Waals surface area contributed by atoms with Gasteiger partial charge >= 0.3 is 0 Å². The summed E-state index contributed by atoms with van der Waals surface area (Å²) in [7, 11) is 0. The van der Waals surface area contributed by atoms with Crippen molar-refractivity contribution in [2.75, 3.05) is 38.2 Å². The van der Waals surface area contributed by atoms with Crippen molar-refractivity contribution in [2.24, 2.45) is 5.92 Å². The van der Waals surface area contributed by atoms with Crippen LogP contribution in [0.3, 0.4) is 0 Å². The average molecular weight is 372 g/mol. The summed E-state index contributed by atoms with van der Waals surface area (Å²) in [5.41, 5.74) is 1.39. The maximum Gasteiger partial charge on any atom is 0.251 e. The SMILES string of the molecule is Cc1cc2ccnc(N[C@H]3CCNC[C@@H]3OCC3CCOCC3)c2[nH]c1=O. The van der Waals surface area contributed by atoms with Crippen molar-refractivity contribution in [1.82, 2.24) is 15.3 Å². The molecule has 0 unspecified atom stereocenters. The Hall–Kier alpha value is -1.96. The van der Waals surface area contributed by atoms with Crippen molar-refractivity contribution in [2.45, 2.75) is 38.3 Å². The quantitative estimate of drug-likeness (QED) is 0.742. The van der Waals surface area contributed by atoms with E-state index in [0.717, 1.165) is 68.9 Å². The van der Waals surface area contributed by atoms with E-state index in [1.165, 1.54) is 0 Å². The molecule has 2 saturated heterocycles. The first-order valence-corrected chi connectivity index (χ1v) is 9.86. The average Bonchev–Trinajstić information content (AvgIpc) is 2.69. The number of hydrogen-bond donors (Lipinski definition) is 3. The summed E-state index contributed by atoms with van der Waals surface area (Å²) in [5, 5.41) is 7.95. The van der Waals surface area contributed by atoms with E-state index in [1.54, 1.807) is 6.20 Å². The molecule has 0 aliphatic carbocycles. The van der Waals surface area contributed by atoms with Gasteiger partial charge in [0.15, 0.2) is 5.82 Å². The molecule has 0 saturated carbocycles. The predicted molar refractivity (Wildman–Crippen MR) is 105 cm³/mol. The van der Waals surface area contributed by atoms with E-state index in [9.17, 15) is 4.79 Å². The van der Waals surface area contributed by atoms with E-state index in [4.69, 9.17) is 9.47 Å². The van der Waals surface area contributed by atoms with Gasteiger partial charge in [-0.3, -0.25) is 4.79 Å². The second-order valence-corrected chi connectivity index (χ2v) is 7.58. The van der Waals surface area contributed by atoms with Crippen LogP contribution in [0.15, 0.2) is 23.1 Å². The summed E-state index contributed by atoms with van der Waals surface area (Å²) in [6.07, 6.45) is 4.96. The third-order valence-electron chi connectivity index (χ3n) is 5.59. The molecule has 7 nitrogen and oxygen atoms in total. The largest absolute Gasteiger partial charge is 0.381 e. The molecule has 0 radical (unpaired) electrons. The molecule has 2 aliphatic heterocycles. The van der Waals surface area contributed by atoms with E-state index >= 15 is 0 Å². The second-order valence-electron chi connectivity index (χ2n) is 7.58. The fraction of sp³-hybridized carbons (Fsp3) is 0.600. The highest BCUT2D eigenvalue weighted by Crippen LogP contribution is 2.22. The summed E-state index contributed by atoms with van der Waals surface area (Å²) in [6.45, 7) is 6.03. The fourth-order valence-electron chi connectivity index (χ4n) is 3.87. The number of rotatable bonds is 5. The zero-order valence-corrected chi connectivity index (χ0v) is 15.8. The third kappa shape index (κ3) is 4.31. The van der Waals surface area contributed by atoms with E-state index in [0.29, 0.717) is 11.5 Å². The zero-order chi connectivity index (χ0) is 18.6. The Morgan fingerprint density at radius 3 is 3.04 bits per heavy atom. The lowest BCUT2D eigenvalue weighted by Crippen LogP contribution is -2.49. The van der Waals surface area contributed by atoms with Crippen LogP contribution in [0.1, 0.15) is 24.8 Å². The number of pyridine rings is 2. The summed E-state index contributed by atoms with van der Waals surface area (Å²) in [4.78, 5) is 19.5. The monoisotopic (exact) mass is 372 g/mol. The topological polar surface area (TPSA) is 88.3 Å². The third-order valence-corrected chi connectivity index (χ3v) is 5.59. The Morgan fingerprint density at radius 2 is 2.19 bits per heavy atom. The van der Waals surface area contributed by atoms with Crippen molar-refractivity contribution in [3.63, 3.8) is 0 Å². The highest BCUT2D eigenvalue weighted by molar-refractivity contribution is 5.88. The lowest BCUT2D eigenvalue weighted by atomic mass is 10.00. The molecule has 2 fully saturated rings. The first kappa shape index (κ1) is 18.4. The number of H-pyrrole nitrogens is 1. The highest BCUT2D eigenvalue weighted by atomic mass is 16.5. The van der Waals surface area contributed by atoms with Gasteiger partial charge in [0.25, 0.3) is 5.56 Å². The Bertz CT molecular complexity index is 832. The van der Waals surface area contributed by atoms with Gasteiger partial charge in [-0.05, 0) is 50.8 Å². The molecule has 2 aliphatic rings. The van der Waals surface area contributed by atoms with Gasteiger partial charge in [0.2, 0.25) is 0 Å². The molecule has 0 amide bonds. The maximum atomic E-state index is 12.1. The molecule has 3 N–H and O–H groups in total. The summed E-state index contributed by atoms with van der Waals surface area (Å²) in [6, 6.07) is 3.99. The first-order valence-electron chi connectivity index (χ1n) is 9.86. The smallest absolute Gasteiger partial charge is 0.251 e. The minimum atomic E-state index is -0.0730. The Kier molecular flexibility index (Phi) is 5.71. The first-order chi connectivity index (χ1) is 13.2. The van der Waals surface area contributed by atoms with Gasteiger partial charge in [0.05, 0.1) is 24.3 Å². The van der Waals surface area contributed by atoms with Crippen LogP contribution >= 0.6 is 0 Å². The number of aromatic amines is 1. The summed E-state index contributed by atoms with van der Waals surface area (Å²) < 4.78 is 11.7. The van der Waals surface area contributed by atoms with E-state index in [2.05, 4.69) is 20.6 Å². The zero-order valence-electron chi connectivity index (χ0n) is 15.8. The molecule has 0 aromatic carbocycles. The van der Waals surface area contributed by atoms with Crippen LogP contribution in [0, 0.1) is 12.8 Å². The molecule has 2 atom stereocenters. The molecular weight excluding hydrogens is 344 g/mol. The Balaban J connectivity index is 1.48. The number of aromatic nitrogens is 2. The summed E-state index contributed by atoms with van der Waals surface area (Å²) >= 11 is 0. The molecule has 7 heteroatoms. The van der Waals surface area contributed by atoms with Crippen molar-refractivity contribution in [3.05, 3.63) is 34.2 Å². The number of nitrogens with one attached hydrogen (secondary N) is 3. The van der Waals surface area contributed by atoms with Gasteiger partial charge in [-0.25, -0.2) is 4.98 Å². The van der Waals surface area contributed by atoms with Crippen LogP contribution in [0.5, 0.6) is 0 Å². The number of anilines is 1. The number of ether oxygens (including phenoxy) is 2. The number of nitrogens with zero attached hydrogens (tertiary/aromatic N) is 1. The van der Waals surface area contributed by atoms with Crippen LogP contribution in [0.25, 0.3) is 10.9 Å². The van der Waals surface area contributed by atoms with E-state index < -0.39 is 0 Å². The van der Waals surface area contributed by atoms with Crippen LogP contribution < -0.4 is 16.2 Å². The van der Waals surface area contributed by atoms with Crippen molar-refractivity contribution >= 4 is 16.7 Å². The number of fused-ring (bicyclic) bond motifs is 1. The van der Waals surface area contributed by atoms with Crippen molar-refractivity contribution in [1.29, 1.82) is 0 Å². The van der Waals surface area contributed by atoms with Gasteiger partial charge < -0.3 is 25.1 Å². The molecule has 4 heterocycles. The lowest BCUT2D eigenvalue weighted by molar-refractivity contribution is -0.0222. The molecule has 0 spiro atoms. The second kappa shape index (κ2) is 8.37. The normalized spacial score (nSPS) is 24.2. The van der Waals surface area contributed by atoms with Crippen LogP contribution in [0.4, 0.5) is 5.82 Å². The molecule has 27 heavy (non-hydrogen) atoms. The van der Waals surface area contributed by atoms with Gasteiger partial charge in [0, 0.05) is 36.9 Å². The molecule has 4 rings (SSSR count). The van der Waals surface area contributed by atoms with Crippen molar-refractivity contribution in [3.8, 4) is 0 Å². The lowest BCUT2D eigenvalue weighted by Gasteiger charge is -2.34. The number of piperidine rings is 1.